The lowest BCUT2D eigenvalue weighted by atomic mass is 10.0. The molecule has 0 spiro atoms. The summed E-state index contributed by atoms with van der Waals surface area (Å²) in [6.07, 6.45) is 0. The average molecular weight is 1630 g/mol. The summed E-state index contributed by atoms with van der Waals surface area (Å²) in [4.78, 5) is 0. The van der Waals surface area contributed by atoms with Crippen LogP contribution in [0.2, 0.25) is 0 Å². The molecular formula is C108H102F12. The Morgan fingerprint density at radius 1 is 0.133 bits per heavy atom. The molecule has 0 aromatic heterocycles. The largest absolute Gasteiger partial charge is 0.207 e. The Morgan fingerprint density at radius 3 is 0.917 bits per heavy atom. The number of rotatable bonds is 0. The Hall–Kier alpha value is -12.3. The highest BCUT2D eigenvalue weighted by Crippen LogP contribution is 2.30. The van der Waals surface area contributed by atoms with Crippen LogP contribution in [0.1, 0.15) is 111 Å². The quantitative estimate of drug-likeness (QED) is 0.133. The van der Waals surface area contributed by atoms with Crippen molar-refractivity contribution in [2.75, 3.05) is 0 Å². The van der Waals surface area contributed by atoms with Gasteiger partial charge in [-0.15, -0.1) is 0 Å². The van der Waals surface area contributed by atoms with Crippen LogP contribution >= 0.6 is 0 Å². The van der Waals surface area contributed by atoms with Crippen molar-refractivity contribution in [1.82, 2.24) is 0 Å². The third kappa shape index (κ3) is 26.1. The molecule has 0 heterocycles. The van der Waals surface area contributed by atoms with Crippen LogP contribution in [0.4, 0.5) is 52.7 Å². The Labute approximate surface area is 698 Å². The molecule has 618 valence electrons. The number of fused-ring (bicyclic) bond motifs is 7. The molecule has 12 heteroatoms. The first-order valence-electron chi connectivity index (χ1n) is 39.3. The maximum atomic E-state index is 13.6. The van der Waals surface area contributed by atoms with E-state index in [2.05, 4.69) is 88.4 Å². The van der Waals surface area contributed by atoms with Crippen LogP contribution in [0, 0.1) is 208 Å². The molecule has 0 atom stereocenters. The summed E-state index contributed by atoms with van der Waals surface area (Å²) >= 11 is 0. The molecule has 0 fully saturated rings. The highest BCUT2D eigenvalue weighted by Gasteiger charge is 2.13. The van der Waals surface area contributed by atoms with Gasteiger partial charge in [-0.2, -0.15) is 0 Å². The molecule has 0 bridgehead atoms. The number of aryl methyl sites for hydroxylation is 18. The van der Waals surface area contributed by atoms with Crippen molar-refractivity contribution in [2.24, 2.45) is 0 Å². The standard InChI is InChI=1S/3C12H10F2.3C12H11F.C12H12.C8H8F2.C8H9F.C8H10/c1-7-3-9-6-11(13)8(2)5-10(9)12(14)4-7;1-7-5-9-4-3-8(2)12(14)11(9)10(13)6-7;1-7-3-4-10-9(5-7)6-11(13)8(2)12(10)14;1-8-3-6-11-10(7-8)5-4-9(2)12(11)13;1-8-3-4-10-5-9(2)7-12(13)11(10)6-8;1-8-3-4-10-6-9(2)12(13)7-11(10)5-8;1-9-3-5-12-8-10(2)4-6-11(12)7-9;1-5-3-7(9)6(2)8(10)4-5;1-6-3-4-7(2)8(9)5-6;1-7-3-5-8(2)6-4-7/h3*3-6H,1-2H3;3*3-7H,1-2H3;3-8H,1-2H3;3-4H,1-2H3;3-5H,1-2H3;3-6H,1-2H3. The first kappa shape index (κ1) is 93.2. The Morgan fingerprint density at radius 2 is 0.408 bits per heavy atom. The molecule has 0 N–H and O–H groups in total. The maximum absolute atomic E-state index is 13.6. The highest BCUT2D eigenvalue weighted by molar-refractivity contribution is 5.89. The fourth-order valence-electron chi connectivity index (χ4n) is 12.9. The van der Waals surface area contributed by atoms with Gasteiger partial charge >= 0.3 is 0 Å². The van der Waals surface area contributed by atoms with Gasteiger partial charge in [0.1, 0.15) is 69.8 Å². The molecule has 0 saturated carbocycles. The van der Waals surface area contributed by atoms with E-state index in [1.165, 1.54) is 89.3 Å². The van der Waals surface area contributed by atoms with E-state index in [-0.39, 0.29) is 51.4 Å². The smallest absolute Gasteiger partial charge is 0.136 e. The molecule has 17 rings (SSSR count). The minimum Gasteiger partial charge on any atom is -0.207 e. The van der Waals surface area contributed by atoms with Crippen LogP contribution < -0.4 is 0 Å². The van der Waals surface area contributed by atoms with Crippen molar-refractivity contribution in [1.29, 1.82) is 0 Å². The van der Waals surface area contributed by atoms with Crippen molar-refractivity contribution in [3.8, 4) is 0 Å². The van der Waals surface area contributed by atoms with E-state index in [1.54, 1.807) is 116 Å². The lowest BCUT2D eigenvalue weighted by Crippen LogP contribution is -1.90. The first-order valence-corrected chi connectivity index (χ1v) is 39.3. The van der Waals surface area contributed by atoms with E-state index in [1.807, 2.05) is 133 Å². The number of hydrogen-bond acceptors (Lipinski definition) is 0. The van der Waals surface area contributed by atoms with Gasteiger partial charge in [-0.05, 0) is 315 Å². The Bertz CT molecular complexity index is 6360. The zero-order chi connectivity index (χ0) is 88.3. The van der Waals surface area contributed by atoms with Gasteiger partial charge in [-0.1, -0.05) is 226 Å². The SMILES string of the molecule is Cc1cc(F)c(C)c(F)c1.Cc1cc(F)c2c(F)c(C)ccc2c1.Cc1cc(F)c2cc(C)c(F)cc2c1.Cc1cc(F)c2cc(C)ccc2c1.Cc1ccc(C)c(F)c1.Cc1ccc(C)cc1.Cc1ccc2c(F)c(C)c(F)cc2c1.Cc1ccc2c(F)c(C)ccc2c1.Cc1ccc2cc(C)c(F)cc2c1.Cc1ccc2cc(C)ccc2c1. The zero-order valence-corrected chi connectivity index (χ0v) is 71.8. The van der Waals surface area contributed by atoms with E-state index in [0.717, 1.165) is 66.1 Å². The molecule has 0 saturated heterocycles. The van der Waals surface area contributed by atoms with E-state index < -0.39 is 34.9 Å². The van der Waals surface area contributed by atoms with Gasteiger partial charge in [-0.25, -0.2) is 52.7 Å². The normalized spacial score (nSPS) is 10.5. The van der Waals surface area contributed by atoms with Gasteiger partial charge in [0.25, 0.3) is 0 Å². The van der Waals surface area contributed by atoms with Crippen LogP contribution in [0.15, 0.2) is 255 Å². The molecule has 17 aromatic carbocycles. The molecule has 17 aromatic rings. The Balaban J connectivity index is 0.000000167. The molecular weight excluding hydrogens is 1530 g/mol. The fourth-order valence-corrected chi connectivity index (χ4v) is 12.9. The van der Waals surface area contributed by atoms with Crippen LogP contribution in [-0.2, 0) is 0 Å². The molecule has 0 aliphatic heterocycles. The summed E-state index contributed by atoms with van der Waals surface area (Å²) < 4.78 is 158. The van der Waals surface area contributed by atoms with Gasteiger partial charge in [0.05, 0.1) is 5.39 Å². The molecule has 0 amide bonds. The molecule has 120 heavy (non-hydrogen) atoms. The second-order valence-corrected chi connectivity index (χ2v) is 31.1. The van der Waals surface area contributed by atoms with Gasteiger partial charge in [-0.3, -0.25) is 0 Å². The molecule has 0 aliphatic rings. The van der Waals surface area contributed by atoms with E-state index in [4.69, 9.17) is 0 Å². The first-order chi connectivity index (χ1) is 56.6. The van der Waals surface area contributed by atoms with Crippen molar-refractivity contribution in [3.05, 3.63) is 436 Å². The third-order valence-corrected chi connectivity index (χ3v) is 20.0. The van der Waals surface area contributed by atoms with Crippen molar-refractivity contribution in [2.45, 2.75) is 138 Å². The molecule has 0 aliphatic carbocycles. The molecule has 0 nitrogen and oxygen atoms in total. The van der Waals surface area contributed by atoms with Gasteiger partial charge in [0.15, 0.2) is 0 Å². The predicted molar refractivity (Wildman–Crippen MR) is 481 cm³/mol. The number of hydrogen-bond donors (Lipinski definition) is 0. The summed E-state index contributed by atoms with van der Waals surface area (Å²) in [5, 5.41) is 11.0. The van der Waals surface area contributed by atoms with Crippen molar-refractivity contribution < 1.29 is 52.7 Å². The predicted octanol–water partition coefficient (Wildman–Crippen LogP) is 32.8. The van der Waals surface area contributed by atoms with Crippen LogP contribution in [0.25, 0.3) is 75.4 Å². The number of benzene rings is 17. The van der Waals surface area contributed by atoms with Crippen molar-refractivity contribution >= 4 is 75.4 Å². The minimum absolute atomic E-state index is 0.0846. The zero-order valence-electron chi connectivity index (χ0n) is 71.8. The summed E-state index contributed by atoms with van der Waals surface area (Å²) in [7, 11) is 0. The van der Waals surface area contributed by atoms with Gasteiger partial charge in [0.2, 0.25) is 0 Å². The van der Waals surface area contributed by atoms with Crippen LogP contribution in [-0.4, -0.2) is 0 Å². The van der Waals surface area contributed by atoms with Gasteiger partial charge < -0.3 is 0 Å². The lowest BCUT2D eigenvalue weighted by Gasteiger charge is -2.04. The van der Waals surface area contributed by atoms with Crippen LogP contribution in [0.3, 0.4) is 0 Å². The van der Waals surface area contributed by atoms with Crippen molar-refractivity contribution in [3.63, 3.8) is 0 Å². The van der Waals surface area contributed by atoms with Crippen LogP contribution in [0.5, 0.6) is 0 Å². The fraction of sp³-hybridized carbons (Fsp3) is 0.185. The average Bonchev–Trinajstić information content (AvgIpc) is 0.801. The summed E-state index contributed by atoms with van der Waals surface area (Å²) in [6, 6.07) is 77.3. The number of halogens is 12. The van der Waals surface area contributed by atoms with E-state index in [0.29, 0.717) is 71.1 Å². The summed E-state index contributed by atoms with van der Waals surface area (Å²) in [5.74, 6) is -3.88. The molecule has 0 unspecified atom stereocenters. The maximum Gasteiger partial charge on any atom is 0.136 e. The van der Waals surface area contributed by atoms with E-state index in [9.17, 15) is 52.7 Å². The third-order valence-electron chi connectivity index (χ3n) is 20.0. The highest BCUT2D eigenvalue weighted by atomic mass is 19.2. The second kappa shape index (κ2) is 42.4. The Kier molecular flexibility index (Phi) is 32.9. The topological polar surface area (TPSA) is 0 Å². The minimum atomic E-state index is -0.486. The lowest BCUT2D eigenvalue weighted by molar-refractivity contribution is 0.566. The second-order valence-electron chi connectivity index (χ2n) is 31.1. The summed E-state index contributed by atoms with van der Waals surface area (Å²) in [6.45, 7) is 36.8. The monoisotopic (exact) mass is 1630 g/mol. The molecule has 0 radical (unpaired) electrons. The van der Waals surface area contributed by atoms with E-state index >= 15 is 0 Å². The van der Waals surface area contributed by atoms with Gasteiger partial charge in [0, 0.05) is 32.7 Å². The summed E-state index contributed by atoms with van der Waals surface area (Å²) in [5.41, 5.74) is 17.1.